The van der Waals surface area contributed by atoms with Gasteiger partial charge in [0, 0.05) is 44.4 Å². The molecule has 2 heterocycles. The van der Waals surface area contributed by atoms with Crippen LogP contribution in [0, 0.1) is 0 Å². The molecule has 0 radical (unpaired) electrons. The molecule has 0 aliphatic carbocycles. The van der Waals surface area contributed by atoms with Gasteiger partial charge in [0.15, 0.2) is 0 Å². The minimum Gasteiger partial charge on any atom is -0.490 e. The van der Waals surface area contributed by atoms with E-state index in [4.69, 9.17) is 10.5 Å². The number of ether oxygens (including phenoxy) is 1. The number of nitrogens with two attached hydrogens (primary N) is 1. The molecule has 1 saturated heterocycles. The fourth-order valence-corrected chi connectivity index (χ4v) is 3.33. The highest BCUT2D eigenvalue weighted by molar-refractivity contribution is 6.05. The third kappa shape index (κ3) is 4.93. The van der Waals surface area contributed by atoms with Gasteiger partial charge in [0.05, 0.1) is 11.1 Å². The second kappa shape index (κ2) is 8.78. The molecule has 2 aliphatic heterocycles. The van der Waals surface area contributed by atoms with E-state index in [1.54, 1.807) is 11.8 Å². The van der Waals surface area contributed by atoms with E-state index in [0.29, 0.717) is 37.4 Å². The maximum Gasteiger partial charge on any atom is 0.416 e. The van der Waals surface area contributed by atoms with Crippen LogP contribution in [0.1, 0.15) is 25.3 Å². The first kappa shape index (κ1) is 21.7. The van der Waals surface area contributed by atoms with Crippen molar-refractivity contribution in [1.82, 2.24) is 15.5 Å². The van der Waals surface area contributed by atoms with Crippen LogP contribution in [0.2, 0.25) is 0 Å². The molecule has 0 atom stereocenters. The summed E-state index contributed by atoms with van der Waals surface area (Å²) in [5.41, 5.74) is 6.04. The Labute approximate surface area is 171 Å². The zero-order valence-electron chi connectivity index (χ0n) is 16.4. The van der Waals surface area contributed by atoms with Gasteiger partial charge in [-0.1, -0.05) is 0 Å². The molecule has 10 heteroatoms. The number of benzene rings is 1. The topological polar surface area (TPSA) is 96.7 Å². The summed E-state index contributed by atoms with van der Waals surface area (Å²) in [5, 5.41) is 5.45. The highest BCUT2D eigenvalue weighted by Gasteiger charge is 2.31. The predicted octanol–water partition coefficient (Wildman–Crippen LogP) is 1.87. The van der Waals surface area contributed by atoms with Crippen molar-refractivity contribution in [2.24, 2.45) is 5.73 Å². The Balaban J connectivity index is 1.60. The summed E-state index contributed by atoms with van der Waals surface area (Å²) in [6, 6.07) is 4.54. The van der Waals surface area contributed by atoms with Crippen LogP contribution in [0.4, 0.5) is 13.2 Å². The van der Waals surface area contributed by atoms with E-state index in [0.717, 1.165) is 12.1 Å². The van der Waals surface area contributed by atoms with Crippen LogP contribution in [0.5, 0.6) is 5.75 Å². The number of rotatable bonds is 4. The molecular formula is C20H23F3N4O3. The maximum absolute atomic E-state index is 12.9. The van der Waals surface area contributed by atoms with Crippen molar-refractivity contribution in [3.8, 4) is 5.75 Å². The number of hydrogen-bond acceptors (Lipinski definition) is 5. The van der Waals surface area contributed by atoms with Crippen molar-refractivity contribution in [2.75, 3.05) is 19.6 Å². The predicted molar refractivity (Wildman–Crippen MR) is 103 cm³/mol. The maximum atomic E-state index is 12.9. The van der Waals surface area contributed by atoms with Crippen LogP contribution in [0.15, 0.2) is 47.4 Å². The summed E-state index contributed by atoms with van der Waals surface area (Å²) in [6.07, 6.45) is -2.08. The van der Waals surface area contributed by atoms with E-state index in [1.807, 2.05) is 0 Å². The van der Waals surface area contributed by atoms with Crippen molar-refractivity contribution in [3.63, 3.8) is 0 Å². The molecule has 7 nitrogen and oxygen atoms in total. The lowest BCUT2D eigenvalue weighted by molar-refractivity contribution is -0.137. The monoisotopic (exact) mass is 424 g/mol. The van der Waals surface area contributed by atoms with Gasteiger partial charge in [0.1, 0.15) is 17.6 Å². The number of nitrogens with one attached hydrogen (secondary N) is 2. The number of piperidine rings is 1. The zero-order valence-corrected chi connectivity index (χ0v) is 16.4. The quantitative estimate of drug-likeness (QED) is 0.642. The molecule has 2 amide bonds. The van der Waals surface area contributed by atoms with Crippen LogP contribution >= 0.6 is 0 Å². The van der Waals surface area contributed by atoms with Gasteiger partial charge in [-0.25, -0.2) is 0 Å². The highest BCUT2D eigenvalue weighted by Crippen LogP contribution is 2.31. The van der Waals surface area contributed by atoms with Crippen LogP contribution in [0.25, 0.3) is 0 Å². The first-order valence-corrected chi connectivity index (χ1v) is 9.50. The summed E-state index contributed by atoms with van der Waals surface area (Å²) >= 11 is 0. The third-order valence-corrected chi connectivity index (χ3v) is 4.95. The smallest absolute Gasteiger partial charge is 0.416 e. The molecular weight excluding hydrogens is 401 g/mol. The summed E-state index contributed by atoms with van der Waals surface area (Å²) in [7, 11) is 0. The molecule has 1 fully saturated rings. The van der Waals surface area contributed by atoms with Gasteiger partial charge >= 0.3 is 6.18 Å². The molecule has 0 unspecified atom stereocenters. The first-order valence-electron chi connectivity index (χ1n) is 9.50. The summed E-state index contributed by atoms with van der Waals surface area (Å²) < 4.78 is 43.7. The number of halogens is 3. The van der Waals surface area contributed by atoms with Gasteiger partial charge in [0.2, 0.25) is 0 Å². The number of alkyl halides is 3. The van der Waals surface area contributed by atoms with E-state index >= 15 is 0 Å². The molecule has 4 N–H and O–H groups in total. The Morgan fingerprint density at radius 1 is 1.23 bits per heavy atom. The van der Waals surface area contributed by atoms with Crippen molar-refractivity contribution < 1.29 is 27.5 Å². The largest absolute Gasteiger partial charge is 0.490 e. The van der Waals surface area contributed by atoms with E-state index < -0.39 is 17.6 Å². The average molecular weight is 424 g/mol. The Bertz CT molecular complexity index is 870. The van der Waals surface area contributed by atoms with Crippen molar-refractivity contribution in [1.29, 1.82) is 0 Å². The number of likely N-dealkylation sites (tertiary alicyclic amines) is 1. The Hall–Kier alpha value is -3.01. The molecule has 2 aliphatic rings. The second-order valence-corrected chi connectivity index (χ2v) is 7.12. The Morgan fingerprint density at radius 2 is 1.87 bits per heavy atom. The SMILES string of the molecule is CC1=CNC(=O)/C(=C(/CN)C(=O)N2CCC(Oc3ccc(C(F)(F)F)cc3)CC2)N1. The normalized spacial score (nSPS) is 19.6. The van der Waals surface area contributed by atoms with Crippen LogP contribution < -0.4 is 21.1 Å². The van der Waals surface area contributed by atoms with Crippen molar-refractivity contribution in [3.05, 3.63) is 53.0 Å². The van der Waals surface area contributed by atoms with E-state index in [1.165, 1.54) is 18.3 Å². The van der Waals surface area contributed by atoms with Crippen molar-refractivity contribution in [2.45, 2.75) is 32.0 Å². The van der Waals surface area contributed by atoms with Crippen LogP contribution in [-0.2, 0) is 15.8 Å². The molecule has 162 valence electrons. The minimum atomic E-state index is -4.39. The zero-order chi connectivity index (χ0) is 21.9. The standard InChI is InChI=1S/C20H23F3N4O3/c1-12-11-25-18(28)17(26-12)16(10-24)19(29)27-8-6-15(7-9-27)30-14-4-2-13(3-5-14)20(21,22)23/h2-5,11,15,26H,6-10,24H2,1H3,(H,25,28)/b17-16+. The molecule has 1 aromatic rings. The molecule has 0 saturated carbocycles. The molecule has 0 spiro atoms. The van der Waals surface area contributed by atoms with E-state index in [2.05, 4.69) is 10.6 Å². The summed E-state index contributed by atoms with van der Waals surface area (Å²) in [4.78, 5) is 26.6. The number of hydrogen-bond donors (Lipinski definition) is 3. The highest BCUT2D eigenvalue weighted by atomic mass is 19.4. The Morgan fingerprint density at radius 3 is 2.43 bits per heavy atom. The number of carbonyl (C=O) groups is 2. The van der Waals surface area contributed by atoms with Gasteiger partial charge in [-0.05, 0) is 31.2 Å². The molecule has 30 heavy (non-hydrogen) atoms. The van der Waals surface area contributed by atoms with Crippen LogP contribution in [-0.4, -0.2) is 42.5 Å². The number of amides is 2. The molecule has 3 rings (SSSR count). The van der Waals surface area contributed by atoms with Gasteiger partial charge < -0.3 is 26.0 Å². The van der Waals surface area contributed by atoms with Gasteiger partial charge in [-0.2, -0.15) is 13.2 Å². The van der Waals surface area contributed by atoms with Gasteiger partial charge in [-0.3, -0.25) is 9.59 Å². The fraction of sp³-hybridized carbons (Fsp3) is 0.400. The van der Waals surface area contributed by atoms with Gasteiger partial charge in [0.25, 0.3) is 11.8 Å². The first-order chi connectivity index (χ1) is 14.2. The number of allylic oxidation sites excluding steroid dienone is 1. The lowest BCUT2D eigenvalue weighted by Crippen LogP contribution is -2.45. The second-order valence-electron chi connectivity index (χ2n) is 7.12. The van der Waals surface area contributed by atoms with E-state index in [-0.39, 0.29) is 29.8 Å². The Kier molecular flexibility index (Phi) is 6.35. The summed E-state index contributed by atoms with van der Waals surface area (Å²) in [6.45, 7) is 2.43. The van der Waals surface area contributed by atoms with Crippen LogP contribution in [0.3, 0.4) is 0 Å². The van der Waals surface area contributed by atoms with Crippen molar-refractivity contribution >= 4 is 11.8 Å². The number of carbonyl (C=O) groups excluding carboxylic acids is 2. The lowest BCUT2D eigenvalue weighted by Gasteiger charge is -2.33. The molecule has 0 aromatic heterocycles. The fourth-order valence-electron chi connectivity index (χ4n) is 3.33. The average Bonchev–Trinajstić information content (AvgIpc) is 2.71. The lowest BCUT2D eigenvalue weighted by atomic mass is 10.0. The minimum absolute atomic E-state index is 0.0934. The third-order valence-electron chi connectivity index (χ3n) is 4.95. The molecule has 0 bridgehead atoms. The summed E-state index contributed by atoms with van der Waals surface area (Å²) in [5.74, 6) is -0.393. The van der Waals surface area contributed by atoms with Gasteiger partial charge in [-0.15, -0.1) is 0 Å². The number of nitrogens with zero attached hydrogens (tertiary/aromatic N) is 1. The van der Waals surface area contributed by atoms with E-state index in [9.17, 15) is 22.8 Å². The molecule has 1 aromatic carbocycles.